The Morgan fingerprint density at radius 1 is 1.33 bits per heavy atom. The van der Waals surface area contributed by atoms with Gasteiger partial charge >= 0.3 is 5.88 Å². The normalized spacial score (nSPS) is 11.3. The van der Waals surface area contributed by atoms with E-state index in [0.29, 0.717) is 11.4 Å². The fourth-order valence-corrected chi connectivity index (χ4v) is 2.25. The van der Waals surface area contributed by atoms with E-state index in [1.807, 2.05) is 0 Å². The largest absolute Gasteiger partial charge is 0.433 e. The van der Waals surface area contributed by atoms with Gasteiger partial charge in [-0.05, 0) is 30.7 Å². The van der Waals surface area contributed by atoms with Crippen molar-refractivity contribution in [1.29, 1.82) is 0 Å². The number of furan rings is 1. The first kappa shape index (κ1) is 15.0. The number of primary sulfonamides is 1. The molecule has 21 heavy (non-hydrogen) atoms. The van der Waals surface area contributed by atoms with Crippen molar-refractivity contribution in [3.05, 3.63) is 51.8 Å². The molecule has 9 heteroatoms. The smallest absolute Gasteiger partial charge is 0.404 e. The van der Waals surface area contributed by atoms with Gasteiger partial charge in [0, 0.05) is 5.69 Å². The predicted octanol–water partition coefficient (Wildman–Crippen LogP) is 1.76. The number of nitrogens with zero attached hydrogens (tertiary/aromatic N) is 1. The molecule has 2 aromatic rings. The van der Waals surface area contributed by atoms with E-state index in [1.165, 1.54) is 24.3 Å². The van der Waals surface area contributed by atoms with Gasteiger partial charge in [0.1, 0.15) is 10.7 Å². The Bertz CT molecular complexity index is 782. The second-order valence-corrected chi connectivity index (χ2v) is 5.93. The number of rotatable bonds is 5. The molecule has 0 saturated carbocycles. The summed E-state index contributed by atoms with van der Waals surface area (Å²) in [5.41, 5.74) is 1.36. The van der Waals surface area contributed by atoms with Crippen molar-refractivity contribution >= 4 is 21.6 Å². The van der Waals surface area contributed by atoms with Gasteiger partial charge < -0.3 is 9.73 Å². The fraction of sp³-hybridized carbons (Fsp3) is 0.167. The zero-order valence-corrected chi connectivity index (χ0v) is 11.9. The van der Waals surface area contributed by atoms with Crippen LogP contribution >= 0.6 is 0 Å². The van der Waals surface area contributed by atoms with Crippen LogP contribution in [0.1, 0.15) is 11.3 Å². The highest BCUT2D eigenvalue weighted by molar-refractivity contribution is 7.89. The molecule has 0 atom stereocenters. The molecule has 0 spiro atoms. The summed E-state index contributed by atoms with van der Waals surface area (Å²) in [7, 11) is -3.78. The van der Waals surface area contributed by atoms with E-state index >= 15 is 0 Å². The Hall–Kier alpha value is -2.39. The van der Waals surface area contributed by atoms with Gasteiger partial charge in [-0.15, -0.1) is 0 Å². The highest BCUT2D eigenvalue weighted by Crippen LogP contribution is 2.21. The monoisotopic (exact) mass is 311 g/mol. The molecule has 0 amide bonds. The summed E-state index contributed by atoms with van der Waals surface area (Å²) in [6.45, 7) is 1.97. The number of hydrogen-bond acceptors (Lipinski definition) is 6. The minimum absolute atomic E-state index is 0.0129. The van der Waals surface area contributed by atoms with Crippen molar-refractivity contribution in [2.45, 2.75) is 18.4 Å². The molecule has 0 aliphatic heterocycles. The summed E-state index contributed by atoms with van der Waals surface area (Å²) in [6, 6.07) is 7.16. The first-order valence-corrected chi connectivity index (χ1v) is 7.42. The van der Waals surface area contributed by atoms with Gasteiger partial charge in [-0.1, -0.05) is 6.07 Å². The van der Waals surface area contributed by atoms with Crippen molar-refractivity contribution in [2.75, 3.05) is 5.32 Å². The average Bonchev–Trinajstić information content (AvgIpc) is 2.85. The summed E-state index contributed by atoms with van der Waals surface area (Å²) >= 11 is 0. The minimum Gasteiger partial charge on any atom is -0.404 e. The molecule has 0 radical (unpaired) electrons. The Morgan fingerprint density at radius 2 is 2.05 bits per heavy atom. The molecular weight excluding hydrogens is 298 g/mol. The first-order chi connectivity index (χ1) is 9.77. The number of nitro groups is 1. The number of sulfonamides is 1. The molecule has 0 fully saturated rings. The van der Waals surface area contributed by atoms with Crippen molar-refractivity contribution in [2.24, 2.45) is 5.14 Å². The number of benzene rings is 1. The molecule has 0 saturated heterocycles. The van der Waals surface area contributed by atoms with E-state index in [1.54, 1.807) is 13.0 Å². The number of hydrogen-bond donors (Lipinski definition) is 2. The molecule has 0 aliphatic rings. The summed E-state index contributed by atoms with van der Waals surface area (Å²) in [6.07, 6.45) is 0. The van der Waals surface area contributed by atoms with Crippen molar-refractivity contribution in [3.8, 4) is 0 Å². The standard InChI is InChI=1S/C12H13N3O5S/c1-8-2-4-10(21(13,18)19)6-11(8)14-7-9-3-5-12(20-9)15(16)17/h2-6,14H,7H2,1H3,(H2,13,18,19). The van der Waals surface area contributed by atoms with Crippen LogP contribution in [0, 0.1) is 17.0 Å². The van der Waals surface area contributed by atoms with E-state index in [9.17, 15) is 18.5 Å². The van der Waals surface area contributed by atoms with Gasteiger partial charge in [0.25, 0.3) is 0 Å². The van der Waals surface area contributed by atoms with Gasteiger partial charge in [-0.25, -0.2) is 13.6 Å². The van der Waals surface area contributed by atoms with Crippen LogP contribution in [0.5, 0.6) is 0 Å². The van der Waals surface area contributed by atoms with Gasteiger partial charge in [0.15, 0.2) is 0 Å². The summed E-state index contributed by atoms with van der Waals surface area (Å²) < 4.78 is 27.6. The number of aryl methyl sites for hydroxylation is 1. The topological polar surface area (TPSA) is 128 Å². The van der Waals surface area contributed by atoms with Gasteiger partial charge in [0.2, 0.25) is 10.0 Å². The third kappa shape index (κ3) is 3.58. The Labute approximate surface area is 120 Å². The quantitative estimate of drug-likeness (QED) is 0.639. The molecule has 0 aliphatic carbocycles. The van der Waals surface area contributed by atoms with Crippen LogP contribution in [0.4, 0.5) is 11.6 Å². The van der Waals surface area contributed by atoms with Gasteiger partial charge in [-0.3, -0.25) is 10.1 Å². The van der Waals surface area contributed by atoms with E-state index < -0.39 is 14.9 Å². The maximum Gasteiger partial charge on any atom is 0.433 e. The Kier molecular flexibility index (Phi) is 3.96. The Morgan fingerprint density at radius 3 is 2.62 bits per heavy atom. The van der Waals surface area contributed by atoms with E-state index in [0.717, 1.165) is 5.56 Å². The third-order valence-electron chi connectivity index (χ3n) is 2.82. The predicted molar refractivity (Wildman–Crippen MR) is 75.2 cm³/mol. The molecule has 3 N–H and O–H groups in total. The van der Waals surface area contributed by atoms with Crippen LogP contribution in [0.3, 0.4) is 0 Å². The van der Waals surface area contributed by atoms with Crippen LogP contribution in [-0.2, 0) is 16.6 Å². The maximum atomic E-state index is 11.3. The summed E-state index contributed by atoms with van der Waals surface area (Å²) in [5, 5.41) is 18.5. The highest BCUT2D eigenvalue weighted by atomic mass is 32.2. The van der Waals surface area contributed by atoms with Crippen LogP contribution in [0.25, 0.3) is 0 Å². The highest BCUT2D eigenvalue weighted by Gasteiger charge is 2.13. The molecule has 1 aromatic heterocycles. The summed E-state index contributed by atoms with van der Waals surface area (Å²) in [5.74, 6) is 0.0175. The molecule has 8 nitrogen and oxygen atoms in total. The lowest BCUT2D eigenvalue weighted by Crippen LogP contribution is -2.12. The lowest BCUT2D eigenvalue weighted by molar-refractivity contribution is -0.402. The van der Waals surface area contributed by atoms with E-state index in [4.69, 9.17) is 9.56 Å². The lowest BCUT2D eigenvalue weighted by atomic mass is 10.2. The molecule has 2 rings (SSSR count). The molecule has 0 bridgehead atoms. The van der Waals surface area contributed by atoms with Gasteiger partial charge in [0.05, 0.1) is 17.5 Å². The molecule has 1 heterocycles. The van der Waals surface area contributed by atoms with Crippen LogP contribution in [0.2, 0.25) is 0 Å². The number of anilines is 1. The fourth-order valence-electron chi connectivity index (χ4n) is 1.71. The van der Waals surface area contributed by atoms with Crippen molar-refractivity contribution < 1.29 is 17.8 Å². The molecular formula is C12H13N3O5S. The van der Waals surface area contributed by atoms with Crippen LogP contribution < -0.4 is 10.5 Å². The van der Waals surface area contributed by atoms with Crippen LogP contribution in [0.15, 0.2) is 39.6 Å². The number of nitrogens with one attached hydrogen (secondary N) is 1. The van der Waals surface area contributed by atoms with E-state index in [-0.39, 0.29) is 17.3 Å². The molecule has 0 unspecified atom stereocenters. The second-order valence-electron chi connectivity index (χ2n) is 4.37. The van der Waals surface area contributed by atoms with E-state index in [2.05, 4.69) is 5.32 Å². The van der Waals surface area contributed by atoms with Crippen LogP contribution in [-0.4, -0.2) is 13.3 Å². The van der Waals surface area contributed by atoms with Crippen molar-refractivity contribution in [1.82, 2.24) is 0 Å². The average molecular weight is 311 g/mol. The maximum absolute atomic E-state index is 11.3. The second kappa shape index (κ2) is 5.54. The molecule has 112 valence electrons. The first-order valence-electron chi connectivity index (χ1n) is 5.88. The third-order valence-corrected chi connectivity index (χ3v) is 3.73. The zero-order chi connectivity index (χ0) is 15.6. The molecule has 1 aromatic carbocycles. The lowest BCUT2D eigenvalue weighted by Gasteiger charge is -2.09. The minimum atomic E-state index is -3.78. The zero-order valence-electron chi connectivity index (χ0n) is 11.1. The number of nitrogens with two attached hydrogens (primary N) is 1. The Balaban J connectivity index is 2.17. The summed E-state index contributed by atoms with van der Waals surface area (Å²) in [4.78, 5) is 9.87. The van der Waals surface area contributed by atoms with Gasteiger partial charge in [-0.2, -0.15) is 0 Å². The van der Waals surface area contributed by atoms with Crippen molar-refractivity contribution in [3.63, 3.8) is 0 Å². The SMILES string of the molecule is Cc1ccc(S(N)(=O)=O)cc1NCc1ccc([N+](=O)[O-])o1.